The van der Waals surface area contributed by atoms with Gasteiger partial charge in [0.15, 0.2) is 0 Å². The van der Waals surface area contributed by atoms with E-state index in [4.69, 9.17) is 16.6 Å². The molecule has 1 aromatic heterocycles. The summed E-state index contributed by atoms with van der Waals surface area (Å²) in [5.41, 5.74) is 0.896. The molecule has 7 nitrogen and oxygen atoms in total. The highest BCUT2D eigenvalue weighted by atomic mass is 35.5. The van der Waals surface area contributed by atoms with Crippen LogP contribution >= 0.6 is 11.6 Å². The highest BCUT2D eigenvalue weighted by molar-refractivity contribution is 7.89. The number of anilines is 2. The van der Waals surface area contributed by atoms with Gasteiger partial charge in [0.2, 0.25) is 16.0 Å². The molecular formula is C19H23ClFN5O2S. The van der Waals surface area contributed by atoms with E-state index in [-0.39, 0.29) is 9.92 Å². The quantitative estimate of drug-likeness (QED) is 0.729. The minimum Gasteiger partial charge on any atom is -0.354 e. The van der Waals surface area contributed by atoms with E-state index in [0.717, 1.165) is 55.5 Å². The van der Waals surface area contributed by atoms with Gasteiger partial charge in [-0.3, -0.25) is 0 Å². The Kier molecular flexibility index (Phi) is 5.63. The maximum atomic E-state index is 13.4. The predicted octanol–water partition coefficient (Wildman–Crippen LogP) is 2.69. The lowest BCUT2D eigenvalue weighted by Gasteiger charge is -2.35. The minimum atomic E-state index is -3.72. The molecule has 2 aliphatic heterocycles. The summed E-state index contributed by atoms with van der Waals surface area (Å²) in [4.78, 5) is 13.6. The van der Waals surface area contributed by atoms with E-state index >= 15 is 0 Å². The zero-order valence-corrected chi connectivity index (χ0v) is 17.8. The molecule has 3 heterocycles. The molecule has 0 atom stereocenters. The molecule has 2 saturated heterocycles. The molecule has 156 valence electrons. The fourth-order valence-electron chi connectivity index (χ4n) is 3.70. The smallest absolute Gasteiger partial charge is 0.243 e. The van der Waals surface area contributed by atoms with E-state index < -0.39 is 15.8 Å². The molecule has 0 saturated carbocycles. The number of hydrogen-bond acceptors (Lipinski definition) is 6. The molecule has 29 heavy (non-hydrogen) atoms. The maximum absolute atomic E-state index is 13.4. The zero-order valence-electron chi connectivity index (χ0n) is 16.2. The topological polar surface area (TPSA) is 69.6 Å². The van der Waals surface area contributed by atoms with Crippen LogP contribution < -0.4 is 9.80 Å². The first-order valence-corrected chi connectivity index (χ1v) is 11.5. The molecule has 2 fully saturated rings. The molecule has 0 unspecified atom stereocenters. The number of hydrogen-bond donors (Lipinski definition) is 0. The third kappa shape index (κ3) is 4.17. The molecule has 1 aromatic carbocycles. The van der Waals surface area contributed by atoms with Gasteiger partial charge >= 0.3 is 0 Å². The average Bonchev–Trinajstić information content (AvgIpc) is 3.24. The molecule has 2 aliphatic rings. The van der Waals surface area contributed by atoms with Gasteiger partial charge in [0, 0.05) is 51.0 Å². The second-order valence-corrected chi connectivity index (χ2v) is 9.67. The molecule has 0 spiro atoms. The van der Waals surface area contributed by atoms with Crippen molar-refractivity contribution in [1.29, 1.82) is 0 Å². The normalized spacial score (nSPS) is 18.4. The van der Waals surface area contributed by atoms with Crippen molar-refractivity contribution in [2.24, 2.45) is 0 Å². The first-order chi connectivity index (χ1) is 13.8. The van der Waals surface area contributed by atoms with Crippen LogP contribution in [0.2, 0.25) is 5.02 Å². The Labute approximate surface area is 175 Å². The number of sulfonamides is 1. The summed E-state index contributed by atoms with van der Waals surface area (Å²) in [5, 5.41) is -0.199. The lowest BCUT2D eigenvalue weighted by Crippen LogP contribution is -2.49. The van der Waals surface area contributed by atoms with Gasteiger partial charge in [-0.15, -0.1) is 0 Å². The predicted molar refractivity (Wildman–Crippen MR) is 111 cm³/mol. The lowest BCUT2D eigenvalue weighted by atomic mass is 10.3. The van der Waals surface area contributed by atoms with Crippen LogP contribution in [0.25, 0.3) is 0 Å². The van der Waals surface area contributed by atoms with Gasteiger partial charge in [-0.1, -0.05) is 11.6 Å². The number of benzene rings is 1. The van der Waals surface area contributed by atoms with Crippen molar-refractivity contribution in [3.05, 3.63) is 40.8 Å². The summed E-state index contributed by atoms with van der Waals surface area (Å²) in [6.45, 7) is 5.56. The van der Waals surface area contributed by atoms with E-state index in [0.29, 0.717) is 26.2 Å². The Hall–Kier alpha value is -1.97. The van der Waals surface area contributed by atoms with Crippen molar-refractivity contribution in [1.82, 2.24) is 14.3 Å². The standard InChI is InChI=1S/C19H23ClFN5O2S/c1-14-12-18(23-19(22-14)25-6-2-3-7-25)24-8-10-26(11-9-24)29(27,28)15-4-5-17(21)16(20)13-15/h4-5,12-13H,2-3,6-11H2,1H3. The van der Waals surface area contributed by atoms with Gasteiger partial charge in [-0.05, 0) is 38.0 Å². The second kappa shape index (κ2) is 8.04. The number of rotatable bonds is 4. The van der Waals surface area contributed by atoms with Crippen LogP contribution in [0.3, 0.4) is 0 Å². The number of aromatic nitrogens is 2. The average molecular weight is 440 g/mol. The van der Waals surface area contributed by atoms with Crippen molar-refractivity contribution in [2.75, 3.05) is 49.1 Å². The van der Waals surface area contributed by atoms with Crippen molar-refractivity contribution in [3.63, 3.8) is 0 Å². The largest absolute Gasteiger partial charge is 0.354 e. The molecular weight excluding hydrogens is 417 g/mol. The third-order valence-electron chi connectivity index (χ3n) is 5.31. The van der Waals surface area contributed by atoms with Crippen molar-refractivity contribution in [2.45, 2.75) is 24.7 Å². The van der Waals surface area contributed by atoms with E-state index in [9.17, 15) is 12.8 Å². The summed E-state index contributed by atoms with van der Waals surface area (Å²) < 4.78 is 40.5. The first-order valence-electron chi connectivity index (χ1n) is 9.65. The molecule has 0 aliphatic carbocycles. The highest BCUT2D eigenvalue weighted by Crippen LogP contribution is 2.25. The fourth-order valence-corrected chi connectivity index (χ4v) is 5.40. The van der Waals surface area contributed by atoms with Crippen LogP contribution in [0.1, 0.15) is 18.5 Å². The Bertz CT molecular complexity index is 1010. The Balaban J connectivity index is 1.48. The monoisotopic (exact) mass is 439 g/mol. The molecule has 0 bridgehead atoms. The summed E-state index contributed by atoms with van der Waals surface area (Å²) in [7, 11) is -3.72. The Morgan fingerprint density at radius 3 is 2.31 bits per heavy atom. The first kappa shape index (κ1) is 20.3. The van der Waals surface area contributed by atoms with Crippen LogP contribution in [0, 0.1) is 12.7 Å². The zero-order chi connectivity index (χ0) is 20.6. The van der Waals surface area contributed by atoms with Gasteiger partial charge in [0.1, 0.15) is 11.6 Å². The number of halogens is 2. The van der Waals surface area contributed by atoms with E-state index in [1.807, 2.05) is 13.0 Å². The third-order valence-corrected chi connectivity index (χ3v) is 7.49. The summed E-state index contributed by atoms with van der Waals surface area (Å²) in [6.07, 6.45) is 2.30. The fraction of sp³-hybridized carbons (Fsp3) is 0.474. The number of piperazine rings is 1. The minimum absolute atomic E-state index is 0.00607. The van der Waals surface area contributed by atoms with Gasteiger partial charge in [-0.25, -0.2) is 17.8 Å². The molecule has 0 amide bonds. The molecule has 0 N–H and O–H groups in total. The Morgan fingerprint density at radius 2 is 1.66 bits per heavy atom. The maximum Gasteiger partial charge on any atom is 0.243 e. The van der Waals surface area contributed by atoms with Crippen LogP contribution in [0.4, 0.5) is 16.2 Å². The van der Waals surface area contributed by atoms with Crippen LogP contribution in [-0.2, 0) is 10.0 Å². The molecule has 0 radical (unpaired) electrons. The second-order valence-electron chi connectivity index (χ2n) is 7.33. The number of aryl methyl sites for hydroxylation is 1. The summed E-state index contributed by atoms with van der Waals surface area (Å²) >= 11 is 5.76. The van der Waals surface area contributed by atoms with E-state index in [1.165, 1.54) is 10.4 Å². The lowest BCUT2D eigenvalue weighted by molar-refractivity contribution is 0.383. The van der Waals surface area contributed by atoms with Crippen molar-refractivity contribution >= 4 is 33.4 Å². The van der Waals surface area contributed by atoms with Crippen LogP contribution in [-0.4, -0.2) is 62.0 Å². The summed E-state index contributed by atoms with van der Waals surface area (Å²) in [5.74, 6) is 0.929. The molecule has 2 aromatic rings. The highest BCUT2D eigenvalue weighted by Gasteiger charge is 2.30. The van der Waals surface area contributed by atoms with Gasteiger partial charge in [-0.2, -0.15) is 9.29 Å². The SMILES string of the molecule is Cc1cc(N2CCN(S(=O)(=O)c3ccc(F)c(Cl)c3)CC2)nc(N2CCCC2)n1. The van der Waals surface area contributed by atoms with Gasteiger partial charge in [0.05, 0.1) is 9.92 Å². The van der Waals surface area contributed by atoms with E-state index in [2.05, 4.69) is 14.8 Å². The van der Waals surface area contributed by atoms with Crippen LogP contribution in [0.5, 0.6) is 0 Å². The van der Waals surface area contributed by atoms with Crippen molar-refractivity contribution < 1.29 is 12.8 Å². The van der Waals surface area contributed by atoms with E-state index in [1.54, 1.807) is 0 Å². The van der Waals surface area contributed by atoms with Gasteiger partial charge in [0.25, 0.3) is 0 Å². The summed E-state index contributed by atoms with van der Waals surface area (Å²) in [6, 6.07) is 5.42. The molecule has 10 heteroatoms. The molecule has 4 rings (SSSR count). The number of nitrogens with zero attached hydrogens (tertiary/aromatic N) is 5. The van der Waals surface area contributed by atoms with Crippen molar-refractivity contribution in [3.8, 4) is 0 Å². The van der Waals surface area contributed by atoms with Gasteiger partial charge < -0.3 is 9.80 Å². The Morgan fingerprint density at radius 1 is 0.966 bits per heavy atom. The van der Waals surface area contributed by atoms with Crippen LogP contribution in [0.15, 0.2) is 29.2 Å².